The van der Waals surface area contributed by atoms with Crippen molar-refractivity contribution in [2.45, 2.75) is 109 Å². The van der Waals surface area contributed by atoms with E-state index in [9.17, 15) is 29.7 Å². The quantitative estimate of drug-likeness (QED) is 0.255. The zero-order valence-electron chi connectivity index (χ0n) is 29.2. The molecule has 0 spiro atoms. The van der Waals surface area contributed by atoms with Crippen LogP contribution in [0, 0.1) is 23.7 Å². The second kappa shape index (κ2) is 18.7. The third kappa shape index (κ3) is 11.0. The Morgan fingerprint density at radius 1 is 1.06 bits per heavy atom. The highest BCUT2D eigenvalue weighted by Gasteiger charge is 2.47. The van der Waals surface area contributed by atoms with Crippen LogP contribution < -0.4 is 0 Å². The van der Waals surface area contributed by atoms with Crippen LogP contribution in [0.1, 0.15) is 60.3 Å². The Kier molecular flexibility index (Phi) is 15.6. The van der Waals surface area contributed by atoms with Gasteiger partial charge >= 0.3 is 5.97 Å². The number of aliphatic hydroxyl groups excluding tert-OH is 3. The molecule has 0 aromatic heterocycles. The third-order valence-electron chi connectivity index (χ3n) is 9.93. The summed E-state index contributed by atoms with van der Waals surface area (Å²) in [5.41, 5.74) is 0.861. The van der Waals surface area contributed by atoms with Crippen LogP contribution in [-0.2, 0) is 33.3 Å². The van der Waals surface area contributed by atoms with Crippen molar-refractivity contribution < 1.29 is 48.7 Å². The zero-order valence-corrected chi connectivity index (χ0v) is 29.2. The van der Waals surface area contributed by atoms with Gasteiger partial charge in [-0.3, -0.25) is 14.5 Å². The minimum Gasteiger partial charge on any atom is -0.462 e. The maximum absolute atomic E-state index is 13.4. The van der Waals surface area contributed by atoms with E-state index in [1.165, 1.54) is 0 Å². The van der Waals surface area contributed by atoms with E-state index in [1.807, 2.05) is 19.9 Å². The highest BCUT2D eigenvalue weighted by Crippen LogP contribution is 2.34. The van der Waals surface area contributed by atoms with Crippen molar-refractivity contribution in [2.75, 3.05) is 46.9 Å². The number of allylic oxidation sites excluding steroid dienone is 3. The number of carbonyl (C=O) groups excluding carboxylic acids is 3. The molecule has 268 valence electrons. The molecule has 0 unspecified atom stereocenters. The Bertz CT molecular complexity index is 1080. The molecule has 2 saturated heterocycles. The van der Waals surface area contributed by atoms with Gasteiger partial charge in [-0.1, -0.05) is 38.5 Å². The molecule has 0 aromatic rings. The predicted molar refractivity (Wildman–Crippen MR) is 175 cm³/mol. The lowest BCUT2D eigenvalue weighted by Crippen LogP contribution is -2.63. The molecule has 3 aliphatic heterocycles. The first kappa shape index (κ1) is 39.4. The van der Waals surface area contributed by atoms with E-state index in [1.54, 1.807) is 51.9 Å². The van der Waals surface area contributed by atoms with Crippen molar-refractivity contribution in [3.05, 3.63) is 23.8 Å². The molecule has 0 radical (unpaired) electrons. The predicted octanol–water partition coefficient (Wildman–Crippen LogP) is 1.74. The van der Waals surface area contributed by atoms with Crippen molar-refractivity contribution in [1.29, 1.82) is 0 Å². The zero-order chi connectivity index (χ0) is 34.8. The summed E-state index contributed by atoms with van der Waals surface area (Å²) in [6.07, 6.45) is -0.0535. The van der Waals surface area contributed by atoms with Crippen molar-refractivity contribution in [3.8, 4) is 0 Å². The summed E-state index contributed by atoms with van der Waals surface area (Å²) in [6.45, 7) is 12.5. The number of ether oxygens (including phenoxy) is 4. The number of cyclic esters (lactones) is 1. The van der Waals surface area contributed by atoms with Crippen molar-refractivity contribution in [3.63, 3.8) is 0 Å². The van der Waals surface area contributed by atoms with Gasteiger partial charge in [-0.05, 0) is 52.8 Å². The van der Waals surface area contributed by atoms with E-state index in [2.05, 4.69) is 4.90 Å². The van der Waals surface area contributed by atoms with Gasteiger partial charge in [0.25, 0.3) is 0 Å². The minimum absolute atomic E-state index is 0.0195. The molecule has 0 aliphatic carbocycles. The fourth-order valence-corrected chi connectivity index (χ4v) is 7.01. The van der Waals surface area contributed by atoms with E-state index in [0.29, 0.717) is 26.2 Å². The van der Waals surface area contributed by atoms with Gasteiger partial charge in [-0.15, -0.1) is 0 Å². The number of rotatable bonds is 8. The number of aldehydes is 1. The first-order valence-electron chi connectivity index (χ1n) is 17.1. The van der Waals surface area contributed by atoms with Gasteiger partial charge in [-0.25, -0.2) is 0 Å². The monoisotopic (exact) mass is 666 g/mol. The van der Waals surface area contributed by atoms with Crippen LogP contribution in [0.15, 0.2) is 23.8 Å². The number of likely N-dealkylation sites (N-methyl/N-ethyl adjacent to an activating group) is 1. The SMILES string of the molecule is CC[C@H]1OC(=O)C[C@@H](O)[C@H](C)[C@@H](O[C@@H]2O[C@H](C)[C@@H](O)[C@H](N(C)C)[C@H]2O)[C@@H](CC=O)C[C@@H](C)C(=O)/C=C/C(C)=C/[C@@H]1CN1CCOCC1. The largest absolute Gasteiger partial charge is 0.462 e. The topological polar surface area (TPSA) is 155 Å². The Balaban J connectivity index is 1.97. The Hall–Kier alpha value is -2.03. The molecule has 47 heavy (non-hydrogen) atoms. The molecular weight excluding hydrogens is 608 g/mol. The van der Waals surface area contributed by atoms with E-state index in [4.69, 9.17) is 18.9 Å². The van der Waals surface area contributed by atoms with Crippen LogP contribution in [0.2, 0.25) is 0 Å². The fourth-order valence-electron chi connectivity index (χ4n) is 7.01. The van der Waals surface area contributed by atoms with E-state index < -0.39 is 72.7 Å². The van der Waals surface area contributed by atoms with Crippen molar-refractivity contribution in [2.24, 2.45) is 23.7 Å². The Morgan fingerprint density at radius 3 is 2.36 bits per heavy atom. The normalized spacial score (nSPS) is 40.8. The van der Waals surface area contributed by atoms with Crippen LogP contribution >= 0.6 is 0 Å². The second-order valence-corrected chi connectivity index (χ2v) is 13.8. The Morgan fingerprint density at radius 2 is 1.74 bits per heavy atom. The lowest BCUT2D eigenvalue weighted by molar-refractivity contribution is -0.304. The summed E-state index contributed by atoms with van der Waals surface area (Å²) < 4.78 is 23.9. The summed E-state index contributed by atoms with van der Waals surface area (Å²) in [5, 5.41) is 33.4. The lowest BCUT2D eigenvalue weighted by atomic mass is 9.79. The first-order valence-corrected chi connectivity index (χ1v) is 17.1. The molecule has 0 saturated carbocycles. The highest BCUT2D eigenvalue weighted by atomic mass is 16.7. The molecule has 3 aliphatic rings. The van der Waals surface area contributed by atoms with Gasteiger partial charge in [0.2, 0.25) is 0 Å². The number of nitrogens with zero attached hydrogens (tertiary/aromatic N) is 2. The number of hydrogen-bond donors (Lipinski definition) is 3. The van der Waals surface area contributed by atoms with E-state index in [-0.39, 0.29) is 31.0 Å². The molecule has 0 amide bonds. The van der Waals surface area contributed by atoms with Gasteiger partial charge in [0.15, 0.2) is 12.1 Å². The molecule has 12 heteroatoms. The van der Waals surface area contributed by atoms with Crippen LogP contribution in [0.4, 0.5) is 0 Å². The maximum Gasteiger partial charge on any atom is 0.308 e. The molecule has 12 atom stereocenters. The van der Waals surface area contributed by atoms with E-state index >= 15 is 0 Å². The van der Waals surface area contributed by atoms with Gasteiger partial charge in [-0.2, -0.15) is 0 Å². The summed E-state index contributed by atoms with van der Waals surface area (Å²) >= 11 is 0. The number of esters is 1. The molecule has 12 nitrogen and oxygen atoms in total. The van der Waals surface area contributed by atoms with Crippen LogP contribution in [0.5, 0.6) is 0 Å². The van der Waals surface area contributed by atoms with Crippen molar-refractivity contribution >= 4 is 18.0 Å². The number of hydrogen-bond acceptors (Lipinski definition) is 12. The molecule has 3 rings (SSSR count). The average Bonchev–Trinajstić information content (AvgIpc) is 3.02. The summed E-state index contributed by atoms with van der Waals surface area (Å²) in [7, 11) is 3.47. The summed E-state index contributed by atoms with van der Waals surface area (Å²) in [5.74, 6) is -2.58. The number of carbonyl (C=O) groups is 3. The first-order chi connectivity index (χ1) is 22.3. The van der Waals surface area contributed by atoms with Gasteiger partial charge in [0, 0.05) is 43.8 Å². The highest BCUT2D eigenvalue weighted by molar-refractivity contribution is 5.91. The smallest absolute Gasteiger partial charge is 0.308 e. The fraction of sp³-hybridized carbons (Fsp3) is 0.800. The molecule has 2 fully saturated rings. The second-order valence-electron chi connectivity index (χ2n) is 13.8. The molecule has 0 aromatic carbocycles. The van der Waals surface area contributed by atoms with Crippen LogP contribution in [-0.4, -0.2) is 139 Å². The van der Waals surface area contributed by atoms with Crippen LogP contribution in [0.3, 0.4) is 0 Å². The third-order valence-corrected chi connectivity index (χ3v) is 9.93. The molecule has 3 N–H and O–H groups in total. The van der Waals surface area contributed by atoms with E-state index in [0.717, 1.165) is 24.9 Å². The standard InChI is InChI=1S/C35H58N2O10/c1-8-29-26(20-37-12-15-44-16-13-37)17-21(2)9-10-27(39)22(3)18-25(11-14-38)34(23(4)28(40)19-30(41)46-29)47-35-33(43)31(36(6)7)32(42)24(5)45-35/h9-10,14,17,22-26,28-29,31-35,40,42-43H,8,11-13,15-16,18-20H2,1-7H3/b10-9+,21-17+/t22-,23+,24-,25+,26-,28-,29-,31+,32-,33-,34-,35+/m1/s1. The number of aliphatic hydroxyl groups is 3. The van der Waals surface area contributed by atoms with Gasteiger partial charge in [0.1, 0.15) is 18.5 Å². The molecule has 0 bridgehead atoms. The maximum atomic E-state index is 13.4. The lowest BCUT2D eigenvalue weighted by Gasteiger charge is -2.46. The number of morpholine rings is 1. The van der Waals surface area contributed by atoms with Crippen LogP contribution in [0.25, 0.3) is 0 Å². The summed E-state index contributed by atoms with van der Waals surface area (Å²) in [6, 6.07) is -0.701. The summed E-state index contributed by atoms with van der Waals surface area (Å²) in [4.78, 5) is 42.7. The molecular formula is C35H58N2O10. The van der Waals surface area contributed by atoms with Crippen molar-refractivity contribution in [1.82, 2.24) is 9.80 Å². The number of ketones is 1. The van der Waals surface area contributed by atoms with Gasteiger partial charge in [0.05, 0.1) is 50.1 Å². The average molecular weight is 667 g/mol. The minimum atomic E-state index is -1.26. The Labute approximate surface area is 280 Å². The van der Waals surface area contributed by atoms with Gasteiger partial charge < -0.3 is 44.0 Å². The molecule has 3 heterocycles.